The molecule has 5 nitrogen and oxygen atoms in total. The van der Waals surface area contributed by atoms with Crippen LogP contribution in [0.25, 0.3) is 0 Å². The zero-order valence-electron chi connectivity index (χ0n) is 10.7. The number of carbonyl (C=O) groups is 2. The van der Waals surface area contributed by atoms with Crippen molar-refractivity contribution in [2.24, 2.45) is 0 Å². The largest absolute Gasteiger partial charge is 0.466 e. The first kappa shape index (κ1) is 15.6. The number of nitrogens with zero attached hydrogens (tertiary/aromatic N) is 1. The summed E-state index contributed by atoms with van der Waals surface area (Å²) in [4.78, 5) is 24.3. The zero-order valence-corrected chi connectivity index (χ0v) is 10.7. The van der Waals surface area contributed by atoms with Gasteiger partial charge in [0, 0.05) is 19.2 Å². The summed E-state index contributed by atoms with van der Waals surface area (Å²) in [5, 5.41) is 8.86. The number of allylic oxidation sites excluding steroid dienone is 1. The SMILES string of the molecule is CCOC(=O)CCN(CCO)C(=O)C=C(C)C. The maximum Gasteiger partial charge on any atom is 0.307 e. The normalized spacial score (nSPS) is 9.65. The lowest BCUT2D eigenvalue weighted by atomic mass is 10.3. The molecule has 0 aliphatic heterocycles. The van der Waals surface area contributed by atoms with Gasteiger partial charge in [-0.2, -0.15) is 0 Å². The molecule has 98 valence electrons. The molecule has 17 heavy (non-hydrogen) atoms. The quantitative estimate of drug-likeness (QED) is 0.528. The fourth-order valence-electron chi connectivity index (χ4n) is 1.25. The molecule has 0 spiro atoms. The molecule has 0 aliphatic rings. The number of carbonyl (C=O) groups excluding carboxylic acids is 2. The van der Waals surface area contributed by atoms with Crippen LogP contribution in [0.2, 0.25) is 0 Å². The maximum atomic E-state index is 11.7. The summed E-state index contributed by atoms with van der Waals surface area (Å²) < 4.78 is 4.78. The van der Waals surface area contributed by atoms with Crippen LogP contribution in [0, 0.1) is 0 Å². The third-order valence-corrected chi connectivity index (χ3v) is 1.98. The molecule has 0 bridgehead atoms. The number of aliphatic hydroxyl groups is 1. The molecule has 0 aromatic heterocycles. The van der Waals surface area contributed by atoms with E-state index in [9.17, 15) is 9.59 Å². The Labute approximate surface area is 102 Å². The number of ether oxygens (including phenoxy) is 1. The third-order valence-electron chi connectivity index (χ3n) is 1.98. The molecule has 0 heterocycles. The van der Waals surface area contributed by atoms with Gasteiger partial charge in [-0.1, -0.05) is 5.57 Å². The molecule has 0 saturated heterocycles. The first-order chi connectivity index (χ1) is 8.01. The highest BCUT2D eigenvalue weighted by molar-refractivity contribution is 5.88. The van der Waals surface area contributed by atoms with E-state index in [1.54, 1.807) is 6.92 Å². The summed E-state index contributed by atoms with van der Waals surface area (Å²) in [5.74, 6) is -0.524. The summed E-state index contributed by atoms with van der Waals surface area (Å²) in [6.45, 7) is 6.08. The van der Waals surface area contributed by atoms with Crippen molar-refractivity contribution >= 4 is 11.9 Å². The van der Waals surface area contributed by atoms with Crippen LogP contribution in [0.4, 0.5) is 0 Å². The minimum absolute atomic E-state index is 0.120. The topological polar surface area (TPSA) is 66.8 Å². The number of esters is 1. The zero-order chi connectivity index (χ0) is 13.3. The van der Waals surface area contributed by atoms with Crippen LogP contribution in [0.3, 0.4) is 0 Å². The second-order valence-electron chi connectivity index (χ2n) is 3.83. The van der Waals surface area contributed by atoms with E-state index >= 15 is 0 Å². The molecule has 0 fully saturated rings. The first-order valence-corrected chi connectivity index (χ1v) is 5.71. The molecule has 1 N–H and O–H groups in total. The average Bonchev–Trinajstić information content (AvgIpc) is 2.23. The number of hydrogen-bond acceptors (Lipinski definition) is 4. The Bertz CT molecular complexity index is 282. The average molecular weight is 243 g/mol. The van der Waals surface area contributed by atoms with Crippen molar-refractivity contribution in [2.75, 3.05) is 26.3 Å². The van der Waals surface area contributed by atoms with Crippen LogP contribution >= 0.6 is 0 Å². The van der Waals surface area contributed by atoms with Gasteiger partial charge in [0.05, 0.1) is 19.6 Å². The van der Waals surface area contributed by atoms with Crippen molar-refractivity contribution in [2.45, 2.75) is 27.2 Å². The van der Waals surface area contributed by atoms with Gasteiger partial charge in [-0.3, -0.25) is 9.59 Å². The standard InChI is InChI=1S/C12H21NO4/c1-4-17-12(16)5-6-13(7-8-14)11(15)9-10(2)3/h9,14H,4-8H2,1-3H3. The number of rotatable bonds is 7. The molecule has 0 atom stereocenters. The monoisotopic (exact) mass is 243 g/mol. The molecule has 0 radical (unpaired) electrons. The van der Waals surface area contributed by atoms with E-state index in [1.165, 1.54) is 11.0 Å². The lowest BCUT2D eigenvalue weighted by Gasteiger charge is -2.19. The number of amides is 1. The van der Waals surface area contributed by atoms with E-state index in [4.69, 9.17) is 9.84 Å². The Balaban J connectivity index is 4.28. The third kappa shape index (κ3) is 7.52. The molecular formula is C12H21NO4. The van der Waals surface area contributed by atoms with E-state index in [2.05, 4.69) is 0 Å². The molecule has 0 aliphatic carbocycles. The molecule has 0 aromatic carbocycles. The molecule has 5 heteroatoms. The lowest BCUT2D eigenvalue weighted by molar-refractivity contribution is -0.143. The number of hydrogen-bond donors (Lipinski definition) is 1. The second kappa shape index (κ2) is 8.75. The van der Waals surface area contributed by atoms with Crippen LogP contribution in [0.15, 0.2) is 11.6 Å². The fraction of sp³-hybridized carbons (Fsp3) is 0.667. The Morgan fingerprint density at radius 3 is 2.41 bits per heavy atom. The van der Waals surface area contributed by atoms with Gasteiger partial charge in [0.1, 0.15) is 0 Å². The Kier molecular flexibility index (Phi) is 8.05. The van der Waals surface area contributed by atoms with E-state index in [0.717, 1.165) is 5.57 Å². The summed E-state index contributed by atoms with van der Waals surface area (Å²) in [6.07, 6.45) is 1.64. The van der Waals surface area contributed by atoms with Crippen LogP contribution in [-0.2, 0) is 14.3 Å². The summed E-state index contributed by atoms with van der Waals surface area (Å²) >= 11 is 0. The summed E-state index contributed by atoms with van der Waals surface area (Å²) in [5.41, 5.74) is 0.883. The van der Waals surface area contributed by atoms with E-state index in [-0.39, 0.29) is 38.0 Å². The van der Waals surface area contributed by atoms with Gasteiger partial charge in [-0.25, -0.2) is 0 Å². The van der Waals surface area contributed by atoms with Crippen molar-refractivity contribution in [3.8, 4) is 0 Å². The van der Waals surface area contributed by atoms with Gasteiger partial charge in [-0.05, 0) is 20.8 Å². The van der Waals surface area contributed by atoms with Gasteiger partial charge in [0.25, 0.3) is 0 Å². The molecule has 0 saturated carbocycles. The summed E-state index contributed by atoms with van der Waals surface area (Å²) in [6, 6.07) is 0. The fourth-order valence-corrected chi connectivity index (χ4v) is 1.25. The van der Waals surface area contributed by atoms with E-state index in [1.807, 2.05) is 13.8 Å². The molecular weight excluding hydrogens is 222 g/mol. The molecule has 0 aromatic rings. The van der Waals surface area contributed by atoms with Crippen molar-refractivity contribution in [1.82, 2.24) is 4.90 Å². The van der Waals surface area contributed by atoms with E-state index in [0.29, 0.717) is 6.61 Å². The van der Waals surface area contributed by atoms with Crippen molar-refractivity contribution in [3.05, 3.63) is 11.6 Å². The predicted octanol–water partition coefficient (Wildman–Crippen LogP) is 0.727. The van der Waals surface area contributed by atoms with Gasteiger partial charge in [0.2, 0.25) is 5.91 Å². The minimum atomic E-state index is -0.333. The van der Waals surface area contributed by atoms with Gasteiger partial charge < -0.3 is 14.7 Å². The van der Waals surface area contributed by atoms with Gasteiger partial charge in [-0.15, -0.1) is 0 Å². The van der Waals surface area contributed by atoms with Crippen LogP contribution < -0.4 is 0 Å². The number of aliphatic hydroxyl groups excluding tert-OH is 1. The van der Waals surface area contributed by atoms with Crippen molar-refractivity contribution in [3.63, 3.8) is 0 Å². The summed E-state index contributed by atoms with van der Waals surface area (Å²) in [7, 11) is 0. The Morgan fingerprint density at radius 2 is 1.94 bits per heavy atom. The lowest BCUT2D eigenvalue weighted by Crippen LogP contribution is -2.34. The Morgan fingerprint density at radius 1 is 1.29 bits per heavy atom. The minimum Gasteiger partial charge on any atom is -0.466 e. The first-order valence-electron chi connectivity index (χ1n) is 5.71. The van der Waals surface area contributed by atoms with Crippen LogP contribution in [0.5, 0.6) is 0 Å². The van der Waals surface area contributed by atoms with Crippen molar-refractivity contribution in [1.29, 1.82) is 0 Å². The maximum absolute atomic E-state index is 11.7. The highest BCUT2D eigenvalue weighted by atomic mass is 16.5. The Hall–Kier alpha value is -1.36. The second-order valence-corrected chi connectivity index (χ2v) is 3.83. The predicted molar refractivity (Wildman–Crippen MR) is 64.3 cm³/mol. The van der Waals surface area contributed by atoms with Crippen LogP contribution in [0.1, 0.15) is 27.2 Å². The molecule has 1 amide bonds. The smallest absolute Gasteiger partial charge is 0.307 e. The van der Waals surface area contributed by atoms with E-state index < -0.39 is 0 Å². The van der Waals surface area contributed by atoms with Crippen molar-refractivity contribution < 1.29 is 19.4 Å². The van der Waals surface area contributed by atoms with Gasteiger partial charge in [0.15, 0.2) is 0 Å². The highest BCUT2D eigenvalue weighted by Crippen LogP contribution is 1.99. The molecule has 0 unspecified atom stereocenters. The highest BCUT2D eigenvalue weighted by Gasteiger charge is 2.12. The molecule has 0 rings (SSSR count). The van der Waals surface area contributed by atoms with Gasteiger partial charge >= 0.3 is 5.97 Å². The van der Waals surface area contributed by atoms with Crippen LogP contribution in [-0.4, -0.2) is 48.2 Å².